The molecule has 1 saturated heterocycles. The van der Waals surface area contributed by atoms with Crippen molar-refractivity contribution in [2.75, 3.05) is 36.5 Å². The molecule has 0 saturated carbocycles. The highest BCUT2D eigenvalue weighted by Gasteiger charge is 2.15. The lowest BCUT2D eigenvalue weighted by Gasteiger charge is -2.30. The number of anilines is 3. The van der Waals surface area contributed by atoms with Gasteiger partial charge in [-0.25, -0.2) is 4.98 Å². The van der Waals surface area contributed by atoms with E-state index in [9.17, 15) is 4.79 Å². The van der Waals surface area contributed by atoms with Crippen LogP contribution in [0, 0.1) is 0 Å². The smallest absolute Gasteiger partial charge is 0.251 e. The predicted molar refractivity (Wildman–Crippen MR) is 112 cm³/mol. The van der Waals surface area contributed by atoms with Gasteiger partial charge in [-0.3, -0.25) is 9.78 Å². The number of para-hydroxylation sites is 2. The zero-order chi connectivity index (χ0) is 19.9. The Bertz CT molecular complexity index is 958. The van der Waals surface area contributed by atoms with Crippen molar-refractivity contribution in [2.45, 2.75) is 6.54 Å². The molecule has 1 aromatic carbocycles. The number of hydrogen-bond donors (Lipinski definition) is 2. The molecular formula is C22H23N5O2. The molecule has 2 aromatic heterocycles. The van der Waals surface area contributed by atoms with Crippen molar-refractivity contribution in [1.29, 1.82) is 0 Å². The fourth-order valence-electron chi connectivity index (χ4n) is 3.22. The fraction of sp³-hybridized carbons (Fsp3) is 0.227. The number of carbonyl (C=O) groups is 1. The minimum absolute atomic E-state index is 0.152. The first-order valence-electron chi connectivity index (χ1n) is 9.61. The summed E-state index contributed by atoms with van der Waals surface area (Å²) in [6.45, 7) is 3.57. The monoisotopic (exact) mass is 389 g/mol. The number of ether oxygens (including phenoxy) is 1. The molecule has 148 valence electrons. The molecule has 7 heteroatoms. The number of carbonyl (C=O) groups excluding carboxylic acids is 1. The number of benzene rings is 1. The predicted octanol–water partition coefficient (Wildman–Crippen LogP) is 2.99. The van der Waals surface area contributed by atoms with Gasteiger partial charge in [-0.05, 0) is 35.9 Å². The van der Waals surface area contributed by atoms with Crippen LogP contribution in [-0.4, -0.2) is 42.2 Å². The van der Waals surface area contributed by atoms with E-state index in [0.29, 0.717) is 17.9 Å². The second-order valence-electron chi connectivity index (χ2n) is 6.72. The lowest BCUT2D eigenvalue weighted by molar-refractivity contribution is 0.0951. The van der Waals surface area contributed by atoms with Crippen LogP contribution in [0.4, 0.5) is 17.2 Å². The van der Waals surface area contributed by atoms with E-state index in [4.69, 9.17) is 4.74 Å². The van der Waals surface area contributed by atoms with Gasteiger partial charge in [0.25, 0.3) is 5.91 Å². The maximum absolute atomic E-state index is 12.5. The number of pyridine rings is 2. The first-order valence-corrected chi connectivity index (χ1v) is 9.61. The molecule has 1 fully saturated rings. The van der Waals surface area contributed by atoms with Gasteiger partial charge in [0.2, 0.25) is 0 Å². The Morgan fingerprint density at radius 3 is 2.76 bits per heavy atom. The topological polar surface area (TPSA) is 79.4 Å². The van der Waals surface area contributed by atoms with Gasteiger partial charge in [0.05, 0.1) is 24.6 Å². The molecule has 0 spiro atoms. The Morgan fingerprint density at radius 1 is 1.07 bits per heavy atom. The van der Waals surface area contributed by atoms with Gasteiger partial charge in [0.1, 0.15) is 5.82 Å². The third kappa shape index (κ3) is 4.89. The van der Waals surface area contributed by atoms with Crippen LogP contribution in [0.1, 0.15) is 15.9 Å². The van der Waals surface area contributed by atoms with Gasteiger partial charge >= 0.3 is 0 Å². The summed E-state index contributed by atoms with van der Waals surface area (Å²) in [5.74, 6) is 0.473. The summed E-state index contributed by atoms with van der Waals surface area (Å²) in [6, 6.07) is 15.3. The summed E-state index contributed by atoms with van der Waals surface area (Å²) in [4.78, 5) is 23.3. The summed E-state index contributed by atoms with van der Waals surface area (Å²) in [6.07, 6.45) is 5.09. The van der Waals surface area contributed by atoms with Crippen molar-refractivity contribution in [3.05, 3.63) is 78.2 Å². The lowest BCUT2D eigenvalue weighted by Crippen LogP contribution is -2.36. The van der Waals surface area contributed by atoms with Crippen LogP contribution in [0.25, 0.3) is 0 Å². The van der Waals surface area contributed by atoms with E-state index < -0.39 is 0 Å². The molecule has 3 aromatic rings. The highest BCUT2D eigenvalue weighted by molar-refractivity contribution is 5.95. The Kier molecular flexibility index (Phi) is 5.97. The minimum Gasteiger partial charge on any atom is -0.378 e. The summed E-state index contributed by atoms with van der Waals surface area (Å²) in [7, 11) is 0. The molecule has 1 amide bonds. The SMILES string of the molecule is O=C(NCc1cccnc1)c1ccnc(Nc2ccccc2N2CCOCC2)c1. The van der Waals surface area contributed by atoms with E-state index in [0.717, 1.165) is 43.2 Å². The van der Waals surface area contributed by atoms with Gasteiger partial charge in [0, 0.05) is 43.8 Å². The highest BCUT2D eigenvalue weighted by atomic mass is 16.5. The maximum atomic E-state index is 12.5. The van der Waals surface area contributed by atoms with Gasteiger partial charge in [-0.1, -0.05) is 18.2 Å². The average molecular weight is 389 g/mol. The number of morpholine rings is 1. The lowest BCUT2D eigenvalue weighted by atomic mass is 10.2. The fourth-order valence-corrected chi connectivity index (χ4v) is 3.22. The van der Waals surface area contributed by atoms with Gasteiger partial charge in [0.15, 0.2) is 0 Å². The molecule has 1 aliphatic heterocycles. The molecule has 1 aliphatic rings. The van der Waals surface area contributed by atoms with Gasteiger partial charge in [-0.2, -0.15) is 0 Å². The standard InChI is InChI=1S/C22H23N5O2/c28-22(25-16-17-4-3-8-23-15-17)18-7-9-24-21(14-18)26-19-5-1-2-6-20(19)27-10-12-29-13-11-27/h1-9,14-15H,10-13,16H2,(H,24,26)(H,25,28). The summed E-state index contributed by atoms with van der Waals surface area (Å²) in [5.41, 5.74) is 3.56. The number of rotatable bonds is 6. The van der Waals surface area contributed by atoms with Crippen molar-refractivity contribution in [2.24, 2.45) is 0 Å². The molecule has 7 nitrogen and oxygen atoms in total. The number of nitrogens with zero attached hydrogens (tertiary/aromatic N) is 3. The quantitative estimate of drug-likeness (QED) is 0.675. The van der Waals surface area contributed by atoms with Crippen LogP contribution in [0.15, 0.2) is 67.1 Å². The van der Waals surface area contributed by atoms with E-state index >= 15 is 0 Å². The second kappa shape index (κ2) is 9.16. The molecule has 0 unspecified atom stereocenters. The molecule has 3 heterocycles. The molecule has 0 atom stereocenters. The second-order valence-corrected chi connectivity index (χ2v) is 6.72. The molecular weight excluding hydrogens is 366 g/mol. The van der Waals surface area contributed by atoms with Crippen molar-refractivity contribution < 1.29 is 9.53 Å². The highest BCUT2D eigenvalue weighted by Crippen LogP contribution is 2.28. The Balaban J connectivity index is 1.46. The summed E-state index contributed by atoms with van der Waals surface area (Å²) in [5, 5.41) is 6.27. The summed E-state index contributed by atoms with van der Waals surface area (Å²) < 4.78 is 5.45. The van der Waals surface area contributed by atoms with Crippen molar-refractivity contribution in [1.82, 2.24) is 15.3 Å². The van der Waals surface area contributed by atoms with E-state index in [1.807, 2.05) is 30.3 Å². The summed E-state index contributed by atoms with van der Waals surface area (Å²) >= 11 is 0. The molecule has 0 radical (unpaired) electrons. The zero-order valence-electron chi connectivity index (χ0n) is 16.0. The van der Waals surface area contributed by atoms with Gasteiger partial charge in [-0.15, -0.1) is 0 Å². The molecule has 29 heavy (non-hydrogen) atoms. The van der Waals surface area contributed by atoms with Crippen LogP contribution < -0.4 is 15.5 Å². The minimum atomic E-state index is -0.152. The molecule has 2 N–H and O–H groups in total. The Morgan fingerprint density at radius 2 is 1.93 bits per heavy atom. The van der Waals surface area contributed by atoms with Crippen LogP contribution in [-0.2, 0) is 11.3 Å². The number of aromatic nitrogens is 2. The molecule has 0 aliphatic carbocycles. The largest absolute Gasteiger partial charge is 0.378 e. The van der Waals surface area contributed by atoms with Crippen LogP contribution in [0.2, 0.25) is 0 Å². The zero-order valence-corrected chi connectivity index (χ0v) is 16.0. The van der Waals surface area contributed by atoms with Crippen molar-refractivity contribution >= 4 is 23.1 Å². The first-order chi connectivity index (χ1) is 14.3. The van der Waals surface area contributed by atoms with E-state index in [-0.39, 0.29) is 5.91 Å². The third-order valence-electron chi connectivity index (χ3n) is 4.72. The average Bonchev–Trinajstić information content (AvgIpc) is 2.79. The maximum Gasteiger partial charge on any atom is 0.251 e. The molecule has 0 bridgehead atoms. The van der Waals surface area contributed by atoms with Gasteiger partial charge < -0.3 is 20.3 Å². The van der Waals surface area contributed by atoms with E-state index in [2.05, 4.69) is 31.6 Å². The number of nitrogens with one attached hydrogen (secondary N) is 2. The Labute approximate surface area is 169 Å². The number of hydrogen-bond acceptors (Lipinski definition) is 6. The first kappa shape index (κ1) is 18.9. The molecule has 4 rings (SSSR count). The van der Waals surface area contributed by atoms with Crippen molar-refractivity contribution in [3.8, 4) is 0 Å². The third-order valence-corrected chi connectivity index (χ3v) is 4.72. The van der Waals surface area contributed by atoms with Crippen LogP contribution >= 0.6 is 0 Å². The van der Waals surface area contributed by atoms with E-state index in [1.165, 1.54) is 0 Å². The Hall–Kier alpha value is -3.45. The number of amides is 1. The van der Waals surface area contributed by atoms with Crippen LogP contribution in [0.5, 0.6) is 0 Å². The van der Waals surface area contributed by atoms with Crippen molar-refractivity contribution in [3.63, 3.8) is 0 Å². The van der Waals surface area contributed by atoms with Crippen LogP contribution in [0.3, 0.4) is 0 Å². The normalized spacial score (nSPS) is 13.7. The van der Waals surface area contributed by atoms with E-state index in [1.54, 1.807) is 30.7 Å².